The molecule has 2 aromatic rings. The number of para-hydroxylation sites is 2. The van der Waals surface area contributed by atoms with Crippen molar-refractivity contribution in [2.75, 3.05) is 57.9 Å². The van der Waals surface area contributed by atoms with Crippen LogP contribution >= 0.6 is 11.8 Å². The van der Waals surface area contributed by atoms with Gasteiger partial charge >= 0.3 is 0 Å². The summed E-state index contributed by atoms with van der Waals surface area (Å²) in [7, 11) is 0. The van der Waals surface area contributed by atoms with Gasteiger partial charge in [0.15, 0.2) is 6.61 Å². The molecule has 0 saturated carbocycles. The number of piperazine rings is 1. The molecule has 7 nitrogen and oxygen atoms in total. The Kier molecular flexibility index (Phi) is 10.4. The SMILES string of the molecule is CSCCC(NC(=O)COc1ccccc1)C(=O)N1CCN(CCOc2ccccc2)CC1. The third kappa shape index (κ3) is 8.63. The fraction of sp³-hybridized carbons (Fsp3) is 0.440. The molecule has 1 unspecified atom stereocenters. The van der Waals surface area contributed by atoms with E-state index < -0.39 is 6.04 Å². The number of carbonyl (C=O) groups is 2. The predicted molar refractivity (Wildman–Crippen MR) is 132 cm³/mol. The molecule has 1 aliphatic rings. The molecule has 1 aliphatic heterocycles. The molecule has 3 rings (SSSR count). The molecule has 1 N–H and O–H groups in total. The van der Waals surface area contributed by atoms with Crippen LogP contribution in [0.15, 0.2) is 60.7 Å². The summed E-state index contributed by atoms with van der Waals surface area (Å²) in [4.78, 5) is 29.7. The van der Waals surface area contributed by atoms with Crippen molar-refractivity contribution in [1.29, 1.82) is 0 Å². The van der Waals surface area contributed by atoms with Crippen molar-refractivity contribution in [1.82, 2.24) is 15.1 Å². The lowest BCUT2D eigenvalue weighted by Crippen LogP contribution is -2.55. The first-order valence-corrected chi connectivity index (χ1v) is 12.7. The summed E-state index contributed by atoms with van der Waals surface area (Å²) in [5.74, 6) is 2.00. The summed E-state index contributed by atoms with van der Waals surface area (Å²) in [6.45, 7) is 4.22. The van der Waals surface area contributed by atoms with Crippen LogP contribution in [0.5, 0.6) is 11.5 Å². The molecule has 0 spiro atoms. The molecular weight excluding hydrogens is 438 g/mol. The van der Waals surface area contributed by atoms with Crippen LogP contribution < -0.4 is 14.8 Å². The normalized spacial score (nSPS) is 15.0. The van der Waals surface area contributed by atoms with E-state index in [0.29, 0.717) is 31.9 Å². The van der Waals surface area contributed by atoms with Crippen molar-refractivity contribution < 1.29 is 19.1 Å². The van der Waals surface area contributed by atoms with Crippen LogP contribution in [0.4, 0.5) is 0 Å². The lowest BCUT2D eigenvalue weighted by molar-refractivity contribution is -0.138. The van der Waals surface area contributed by atoms with Gasteiger partial charge in [-0.15, -0.1) is 0 Å². The summed E-state index contributed by atoms with van der Waals surface area (Å²) in [6, 6.07) is 18.4. The molecule has 1 atom stereocenters. The maximum atomic E-state index is 13.1. The number of benzene rings is 2. The van der Waals surface area contributed by atoms with Crippen LogP contribution in [-0.2, 0) is 9.59 Å². The van der Waals surface area contributed by atoms with Gasteiger partial charge in [0.2, 0.25) is 5.91 Å². The van der Waals surface area contributed by atoms with Crippen LogP contribution in [0.2, 0.25) is 0 Å². The molecule has 178 valence electrons. The molecule has 1 heterocycles. The van der Waals surface area contributed by atoms with Crippen molar-refractivity contribution in [2.24, 2.45) is 0 Å². The quantitative estimate of drug-likeness (QED) is 0.513. The minimum absolute atomic E-state index is 0.0164. The number of nitrogens with zero attached hydrogens (tertiary/aromatic N) is 2. The number of hydrogen-bond acceptors (Lipinski definition) is 6. The third-order valence-corrected chi connectivity index (χ3v) is 6.10. The Morgan fingerprint density at radius 3 is 2.15 bits per heavy atom. The molecule has 8 heteroatoms. The molecule has 0 aromatic heterocycles. The van der Waals surface area contributed by atoms with Crippen molar-refractivity contribution in [3.05, 3.63) is 60.7 Å². The van der Waals surface area contributed by atoms with Crippen LogP contribution in [0, 0.1) is 0 Å². The monoisotopic (exact) mass is 471 g/mol. The predicted octanol–water partition coefficient (Wildman–Crippen LogP) is 2.53. The average molecular weight is 472 g/mol. The smallest absolute Gasteiger partial charge is 0.258 e. The van der Waals surface area contributed by atoms with Crippen LogP contribution in [-0.4, -0.2) is 85.6 Å². The number of hydrogen-bond donors (Lipinski definition) is 1. The highest BCUT2D eigenvalue weighted by Gasteiger charge is 2.28. The molecular formula is C25H33N3O4S. The number of rotatable bonds is 12. The van der Waals surface area contributed by atoms with Gasteiger partial charge in [0.05, 0.1) is 0 Å². The first-order chi connectivity index (χ1) is 16.2. The molecule has 1 fully saturated rings. The van der Waals surface area contributed by atoms with Crippen LogP contribution in [0.3, 0.4) is 0 Å². The van der Waals surface area contributed by atoms with Gasteiger partial charge in [0.25, 0.3) is 5.91 Å². The van der Waals surface area contributed by atoms with Gasteiger partial charge in [0, 0.05) is 32.7 Å². The Hall–Kier alpha value is -2.71. The van der Waals surface area contributed by atoms with E-state index in [9.17, 15) is 9.59 Å². The standard InChI is InChI=1S/C25H33N3O4S/c1-33-19-12-23(26-24(29)20-32-22-10-6-3-7-11-22)25(30)28-15-13-27(14-16-28)17-18-31-21-8-4-2-5-9-21/h2-11,23H,12-20H2,1H3,(H,26,29). The minimum atomic E-state index is -0.530. The maximum absolute atomic E-state index is 13.1. The number of carbonyl (C=O) groups excluding carboxylic acids is 2. The summed E-state index contributed by atoms with van der Waals surface area (Å²) in [5, 5.41) is 2.88. The molecule has 0 bridgehead atoms. The molecule has 1 saturated heterocycles. The highest BCUT2D eigenvalue weighted by molar-refractivity contribution is 7.98. The summed E-state index contributed by atoms with van der Waals surface area (Å²) < 4.78 is 11.3. The van der Waals surface area contributed by atoms with Crippen molar-refractivity contribution in [2.45, 2.75) is 12.5 Å². The molecule has 2 aromatic carbocycles. The van der Waals surface area contributed by atoms with Gasteiger partial charge in [-0.1, -0.05) is 36.4 Å². The van der Waals surface area contributed by atoms with Crippen LogP contribution in [0.25, 0.3) is 0 Å². The third-order valence-electron chi connectivity index (χ3n) is 5.46. The zero-order chi connectivity index (χ0) is 23.3. The largest absolute Gasteiger partial charge is 0.492 e. The first-order valence-electron chi connectivity index (χ1n) is 11.3. The lowest BCUT2D eigenvalue weighted by Gasteiger charge is -2.36. The van der Waals surface area contributed by atoms with Crippen molar-refractivity contribution in [3.8, 4) is 11.5 Å². The summed E-state index contributed by atoms with van der Waals surface area (Å²) >= 11 is 1.66. The second-order valence-electron chi connectivity index (χ2n) is 7.83. The molecule has 33 heavy (non-hydrogen) atoms. The topological polar surface area (TPSA) is 71.1 Å². The van der Waals surface area contributed by atoms with E-state index in [1.165, 1.54) is 0 Å². The van der Waals surface area contributed by atoms with Gasteiger partial charge in [0.1, 0.15) is 24.1 Å². The van der Waals surface area contributed by atoms with Crippen molar-refractivity contribution in [3.63, 3.8) is 0 Å². The fourth-order valence-corrected chi connectivity index (χ4v) is 4.09. The van der Waals surface area contributed by atoms with E-state index in [1.54, 1.807) is 23.9 Å². The second-order valence-corrected chi connectivity index (χ2v) is 8.82. The Morgan fingerprint density at radius 2 is 1.55 bits per heavy atom. The number of ether oxygens (including phenoxy) is 2. The van der Waals surface area contributed by atoms with E-state index in [2.05, 4.69) is 10.2 Å². The van der Waals surface area contributed by atoms with Gasteiger partial charge in [-0.3, -0.25) is 14.5 Å². The van der Waals surface area contributed by atoms with Gasteiger partial charge in [-0.2, -0.15) is 11.8 Å². The zero-order valence-corrected chi connectivity index (χ0v) is 20.0. The summed E-state index contributed by atoms with van der Waals surface area (Å²) in [5.41, 5.74) is 0. The number of amides is 2. The zero-order valence-electron chi connectivity index (χ0n) is 19.2. The highest BCUT2D eigenvalue weighted by Crippen LogP contribution is 2.11. The Bertz CT molecular complexity index is 845. The fourth-order valence-electron chi connectivity index (χ4n) is 3.62. The summed E-state index contributed by atoms with van der Waals surface area (Å²) in [6.07, 6.45) is 2.60. The Balaban J connectivity index is 1.42. The van der Waals surface area contributed by atoms with Gasteiger partial charge < -0.3 is 19.7 Å². The van der Waals surface area contributed by atoms with Crippen LogP contribution in [0.1, 0.15) is 6.42 Å². The van der Waals surface area contributed by atoms with E-state index >= 15 is 0 Å². The Labute approximate surface area is 200 Å². The van der Waals surface area contributed by atoms with E-state index in [0.717, 1.165) is 31.1 Å². The highest BCUT2D eigenvalue weighted by atomic mass is 32.2. The first kappa shape index (κ1) is 24.9. The van der Waals surface area contributed by atoms with Crippen molar-refractivity contribution >= 4 is 23.6 Å². The molecule has 0 aliphatic carbocycles. The van der Waals surface area contributed by atoms with Gasteiger partial charge in [-0.25, -0.2) is 0 Å². The van der Waals surface area contributed by atoms with E-state index in [-0.39, 0.29) is 18.4 Å². The molecule has 2 amide bonds. The minimum Gasteiger partial charge on any atom is -0.492 e. The number of thioether (sulfide) groups is 1. The Morgan fingerprint density at radius 1 is 0.939 bits per heavy atom. The van der Waals surface area contributed by atoms with E-state index in [1.807, 2.05) is 59.7 Å². The number of nitrogens with one attached hydrogen (secondary N) is 1. The van der Waals surface area contributed by atoms with E-state index in [4.69, 9.17) is 9.47 Å². The average Bonchev–Trinajstić information content (AvgIpc) is 2.86. The maximum Gasteiger partial charge on any atom is 0.258 e. The molecule has 0 radical (unpaired) electrons. The second kappa shape index (κ2) is 13.7. The van der Waals surface area contributed by atoms with Gasteiger partial charge in [-0.05, 0) is 42.7 Å². The lowest BCUT2D eigenvalue weighted by atomic mass is 10.1.